The summed E-state index contributed by atoms with van der Waals surface area (Å²) in [6.07, 6.45) is 27.2. The molecular weight excluding hydrogens is 464 g/mol. The molecule has 2 unspecified atom stereocenters. The van der Waals surface area contributed by atoms with Crippen LogP contribution >= 0.6 is 0 Å². The van der Waals surface area contributed by atoms with Crippen molar-refractivity contribution < 1.29 is 9.53 Å². The summed E-state index contributed by atoms with van der Waals surface area (Å²) in [5, 5.41) is 0. The Balaban J connectivity index is 1.83. The van der Waals surface area contributed by atoms with E-state index in [1.54, 1.807) is 5.57 Å². The summed E-state index contributed by atoms with van der Waals surface area (Å²) in [5.41, 5.74) is 2.37. The molecule has 2 aliphatic carbocycles. The summed E-state index contributed by atoms with van der Waals surface area (Å²) in [6.45, 7) is 16.9. The molecule has 0 bridgehead atoms. The van der Waals surface area contributed by atoms with Crippen LogP contribution in [-0.2, 0) is 9.53 Å². The second-order valence-electron chi connectivity index (χ2n) is 14.3. The van der Waals surface area contributed by atoms with Gasteiger partial charge in [0.25, 0.3) is 0 Å². The summed E-state index contributed by atoms with van der Waals surface area (Å²) in [4.78, 5) is 12.5. The fourth-order valence-electron chi connectivity index (χ4n) is 7.73. The largest absolute Gasteiger partial charge is 0.462 e. The summed E-state index contributed by atoms with van der Waals surface area (Å²) in [7, 11) is 0. The average Bonchev–Trinajstić information content (AvgIpc) is 3.14. The molecule has 2 rings (SSSR count). The number of esters is 1. The molecule has 0 radical (unpaired) electrons. The highest BCUT2D eigenvalue weighted by atomic mass is 16.5. The Morgan fingerprint density at radius 3 is 2.39 bits per heavy atom. The highest BCUT2D eigenvalue weighted by Crippen LogP contribution is 2.54. The van der Waals surface area contributed by atoms with Crippen molar-refractivity contribution >= 4 is 5.97 Å². The van der Waals surface area contributed by atoms with Gasteiger partial charge >= 0.3 is 5.97 Å². The maximum Gasteiger partial charge on any atom is 0.306 e. The van der Waals surface area contributed by atoms with Crippen molar-refractivity contribution in [2.24, 2.45) is 28.6 Å². The van der Waals surface area contributed by atoms with Gasteiger partial charge in [-0.05, 0) is 86.4 Å². The minimum atomic E-state index is 0.0347. The van der Waals surface area contributed by atoms with E-state index in [2.05, 4.69) is 54.5 Å². The minimum absolute atomic E-state index is 0.0347. The van der Waals surface area contributed by atoms with Crippen LogP contribution in [0.5, 0.6) is 0 Å². The van der Waals surface area contributed by atoms with E-state index < -0.39 is 0 Å². The van der Waals surface area contributed by atoms with E-state index in [4.69, 9.17) is 4.74 Å². The molecule has 222 valence electrons. The number of carbonyl (C=O) groups excluding carboxylic acids is 1. The van der Waals surface area contributed by atoms with Crippen molar-refractivity contribution in [3.63, 3.8) is 0 Å². The Kier molecular flexibility index (Phi) is 15.1. The molecular formula is C36H66O2. The van der Waals surface area contributed by atoms with Crippen molar-refractivity contribution in [1.82, 2.24) is 0 Å². The van der Waals surface area contributed by atoms with E-state index in [9.17, 15) is 4.79 Å². The molecule has 0 aliphatic heterocycles. The first-order chi connectivity index (χ1) is 18.1. The SMILES string of the molecule is CC/C=C1/C[C@@H](OC(=O)CCCCCCCC)CCC1(C)CCC[C@@]1(C)C(C)CC[C@@H]1CCCCC(C)C. The predicted molar refractivity (Wildman–Crippen MR) is 165 cm³/mol. The van der Waals surface area contributed by atoms with Gasteiger partial charge in [0.2, 0.25) is 0 Å². The lowest BCUT2D eigenvalue weighted by Crippen LogP contribution is -2.33. The molecule has 0 saturated heterocycles. The van der Waals surface area contributed by atoms with E-state index in [0.717, 1.165) is 49.9 Å². The van der Waals surface area contributed by atoms with E-state index in [1.165, 1.54) is 89.9 Å². The smallest absolute Gasteiger partial charge is 0.306 e. The number of hydrogen-bond acceptors (Lipinski definition) is 2. The Bertz CT molecular complexity index is 693. The van der Waals surface area contributed by atoms with Gasteiger partial charge < -0.3 is 4.74 Å². The lowest BCUT2D eigenvalue weighted by molar-refractivity contribution is -0.150. The van der Waals surface area contributed by atoms with Gasteiger partial charge in [-0.15, -0.1) is 0 Å². The fraction of sp³-hybridized carbons (Fsp3) is 0.917. The van der Waals surface area contributed by atoms with E-state index in [1.807, 2.05) is 0 Å². The Morgan fingerprint density at radius 1 is 0.947 bits per heavy atom. The zero-order valence-corrected chi connectivity index (χ0v) is 26.8. The van der Waals surface area contributed by atoms with Gasteiger partial charge in [0.15, 0.2) is 0 Å². The monoisotopic (exact) mass is 531 g/mol. The van der Waals surface area contributed by atoms with Gasteiger partial charge in [-0.1, -0.05) is 118 Å². The first-order valence-corrected chi connectivity index (χ1v) is 17.0. The van der Waals surface area contributed by atoms with Crippen LogP contribution in [0, 0.1) is 28.6 Å². The third kappa shape index (κ3) is 10.6. The third-order valence-electron chi connectivity index (χ3n) is 10.8. The summed E-state index contributed by atoms with van der Waals surface area (Å²) in [6, 6.07) is 0. The van der Waals surface area contributed by atoms with Crippen LogP contribution in [0.2, 0.25) is 0 Å². The molecule has 2 heteroatoms. The molecule has 5 atom stereocenters. The summed E-state index contributed by atoms with van der Waals surface area (Å²) in [5.74, 6) is 2.66. The predicted octanol–water partition coefficient (Wildman–Crippen LogP) is 11.6. The molecule has 0 aromatic heterocycles. The number of rotatable bonds is 18. The van der Waals surface area contributed by atoms with E-state index in [-0.39, 0.29) is 17.5 Å². The molecule has 0 aromatic rings. The fourth-order valence-corrected chi connectivity index (χ4v) is 7.73. The normalized spacial score (nSPS) is 30.8. The molecule has 0 heterocycles. The first-order valence-electron chi connectivity index (χ1n) is 17.0. The molecule has 0 N–H and O–H groups in total. The number of carbonyl (C=O) groups is 1. The van der Waals surface area contributed by atoms with Crippen LogP contribution in [-0.4, -0.2) is 12.1 Å². The lowest BCUT2D eigenvalue weighted by atomic mass is 9.65. The highest BCUT2D eigenvalue weighted by Gasteiger charge is 2.44. The van der Waals surface area contributed by atoms with Crippen LogP contribution in [0.4, 0.5) is 0 Å². The second-order valence-corrected chi connectivity index (χ2v) is 14.3. The van der Waals surface area contributed by atoms with Gasteiger partial charge in [0.05, 0.1) is 0 Å². The quantitative estimate of drug-likeness (QED) is 0.1000. The standard InChI is InChI=1S/C36H66O2/c1-8-10-11-12-13-14-21-34(37)38-33-24-27-35(6,32(28-33)18-9-2)25-17-26-36(7)30(5)22-23-31(36)20-16-15-19-29(3)4/h18,29-31,33H,8-17,19-28H2,1-7H3/b32-18-/t30?,31-,33-,35?,36-/m0/s1. The van der Waals surface area contributed by atoms with Gasteiger partial charge in [0, 0.05) is 12.8 Å². The van der Waals surface area contributed by atoms with Gasteiger partial charge in [-0.3, -0.25) is 4.79 Å². The molecule has 0 amide bonds. The molecule has 2 fully saturated rings. The molecule has 0 spiro atoms. The lowest BCUT2D eigenvalue weighted by Gasteiger charge is -2.42. The maximum atomic E-state index is 12.5. The number of hydrogen-bond donors (Lipinski definition) is 0. The molecule has 2 nitrogen and oxygen atoms in total. The maximum absolute atomic E-state index is 12.5. The van der Waals surface area contributed by atoms with Crippen LogP contribution in [0.3, 0.4) is 0 Å². The zero-order chi connectivity index (χ0) is 28.0. The summed E-state index contributed by atoms with van der Waals surface area (Å²) >= 11 is 0. The van der Waals surface area contributed by atoms with Crippen molar-refractivity contribution in [1.29, 1.82) is 0 Å². The Morgan fingerprint density at radius 2 is 1.68 bits per heavy atom. The van der Waals surface area contributed by atoms with Crippen LogP contribution in [0.1, 0.15) is 177 Å². The molecule has 2 saturated carbocycles. The Hall–Kier alpha value is -0.790. The van der Waals surface area contributed by atoms with Crippen LogP contribution in [0.15, 0.2) is 11.6 Å². The van der Waals surface area contributed by atoms with Crippen molar-refractivity contribution in [3.05, 3.63) is 11.6 Å². The summed E-state index contributed by atoms with van der Waals surface area (Å²) < 4.78 is 6.00. The van der Waals surface area contributed by atoms with Gasteiger partial charge in [-0.2, -0.15) is 0 Å². The zero-order valence-electron chi connectivity index (χ0n) is 26.8. The van der Waals surface area contributed by atoms with Crippen LogP contribution in [0.25, 0.3) is 0 Å². The van der Waals surface area contributed by atoms with Crippen LogP contribution < -0.4 is 0 Å². The van der Waals surface area contributed by atoms with E-state index >= 15 is 0 Å². The molecule has 2 aliphatic rings. The van der Waals surface area contributed by atoms with Gasteiger partial charge in [-0.25, -0.2) is 0 Å². The van der Waals surface area contributed by atoms with Crippen molar-refractivity contribution in [3.8, 4) is 0 Å². The molecule has 38 heavy (non-hydrogen) atoms. The second kappa shape index (κ2) is 17.1. The topological polar surface area (TPSA) is 26.3 Å². The van der Waals surface area contributed by atoms with E-state index in [0.29, 0.717) is 11.8 Å². The highest BCUT2D eigenvalue weighted by molar-refractivity contribution is 5.69. The molecule has 0 aromatic carbocycles. The van der Waals surface area contributed by atoms with Gasteiger partial charge in [0.1, 0.15) is 6.10 Å². The number of allylic oxidation sites excluding steroid dienone is 1. The Labute approximate surface area is 238 Å². The first kappa shape index (κ1) is 33.4. The third-order valence-corrected chi connectivity index (χ3v) is 10.8. The number of ether oxygens (including phenoxy) is 1. The number of unbranched alkanes of at least 4 members (excludes halogenated alkanes) is 6. The average molecular weight is 531 g/mol. The van der Waals surface area contributed by atoms with Crippen molar-refractivity contribution in [2.45, 2.75) is 183 Å². The minimum Gasteiger partial charge on any atom is -0.462 e. The van der Waals surface area contributed by atoms with Crippen molar-refractivity contribution in [2.75, 3.05) is 0 Å².